The van der Waals surface area contributed by atoms with Crippen molar-refractivity contribution < 1.29 is 173 Å². The average Bonchev–Trinajstić information content (AvgIpc) is 2.65. The summed E-state index contributed by atoms with van der Waals surface area (Å²) in [4.78, 5) is 37.8. The molecule has 34 atom stereocenters. The molecule has 6 fully saturated rings. The highest BCUT2D eigenvalue weighted by Crippen LogP contribution is 2.37. The van der Waals surface area contributed by atoms with Gasteiger partial charge < -0.3 is 175 Å². The molecule has 0 unspecified atom stereocenters. The Morgan fingerprint density at radius 2 is 0.814 bits per heavy atom. The summed E-state index contributed by atoms with van der Waals surface area (Å²) >= 11 is 0. The van der Waals surface area contributed by atoms with Crippen LogP contribution in [0.2, 0.25) is 0 Å². The first-order valence-corrected chi connectivity index (χ1v) is 27.4. The van der Waals surface area contributed by atoms with Crippen LogP contribution in [0.25, 0.3) is 0 Å². The summed E-state index contributed by atoms with van der Waals surface area (Å²) in [6.45, 7) is -3.07. The molecular formula is C48H83N3O35. The van der Waals surface area contributed by atoms with E-state index in [1.165, 1.54) is 6.92 Å². The quantitative estimate of drug-likeness (QED) is 0.0404. The summed E-state index contributed by atoms with van der Waals surface area (Å²) in [5, 5.41) is 223. The number of hydrogen-bond donors (Lipinski definition) is 23. The van der Waals surface area contributed by atoms with Crippen molar-refractivity contribution >= 4 is 17.7 Å². The predicted molar refractivity (Wildman–Crippen MR) is 267 cm³/mol. The van der Waals surface area contributed by atoms with Gasteiger partial charge in [0.2, 0.25) is 17.7 Å². The summed E-state index contributed by atoms with van der Waals surface area (Å²) in [7, 11) is 0. The van der Waals surface area contributed by atoms with Crippen LogP contribution >= 0.6 is 0 Å². The molecule has 0 spiro atoms. The summed E-state index contributed by atoms with van der Waals surface area (Å²) in [6.07, 6.45) is -60.2. The number of aliphatic hydroxyl groups is 20. The van der Waals surface area contributed by atoms with Gasteiger partial charge in [0.15, 0.2) is 37.7 Å². The minimum atomic E-state index is -2.33. The molecule has 0 saturated carbocycles. The molecule has 23 N–H and O–H groups in total. The Hall–Kier alpha value is -2.87. The molecular weight excluding hydrogens is 1180 g/mol. The van der Waals surface area contributed by atoms with Gasteiger partial charge >= 0.3 is 0 Å². The average molecular weight is 1260 g/mol. The highest BCUT2D eigenvalue weighted by Gasteiger charge is 2.58. The van der Waals surface area contributed by atoms with Crippen LogP contribution in [0.3, 0.4) is 0 Å². The van der Waals surface area contributed by atoms with E-state index in [0.29, 0.717) is 0 Å². The first-order chi connectivity index (χ1) is 40.6. The van der Waals surface area contributed by atoms with E-state index in [4.69, 9.17) is 56.8 Å². The van der Waals surface area contributed by atoms with Gasteiger partial charge in [-0.15, -0.1) is 0 Å². The van der Waals surface area contributed by atoms with E-state index in [1.54, 1.807) is 0 Å². The lowest BCUT2D eigenvalue weighted by atomic mass is 9.94. The van der Waals surface area contributed by atoms with Crippen LogP contribution in [-0.2, 0) is 71.2 Å². The lowest BCUT2D eigenvalue weighted by Crippen LogP contribution is -2.70. The third kappa shape index (κ3) is 16.4. The van der Waals surface area contributed by atoms with Crippen molar-refractivity contribution in [2.75, 3.05) is 46.2 Å². The summed E-state index contributed by atoms with van der Waals surface area (Å²) < 4.78 is 70.3. The Labute approximate surface area is 488 Å². The summed E-state index contributed by atoms with van der Waals surface area (Å²) in [5.74, 6) is -2.60. The van der Waals surface area contributed by atoms with Gasteiger partial charge in [0, 0.05) is 20.8 Å². The molecule has 6 heterocycles. The fourth-order valence-corrected chi connectivity index (χ4v) is 10.6. The minimum absolute atomic E-state index is 0.830. The smallest absolute Gasteiger partial charge is 0.217 e. The third-order valence-corrected chi connectivity index (χ3v) is 15.3. The number of carbonyl (C=O) groups excluding carboxylic acids is 3. The van der Waals surface area contributed by atoms with Gasteiger partial charge in [-0.1, -0.05) is 0 Å². The lowest BCUT2D eigenvalue weighted by molar-refractivity contribution is -0.386. The molecule has 0 radical (unpaired) electrons. The van der Waals surface area contributed by atoms with Crippen LogP contribution in [0.15, 0.2) is 0 Å². The molecule has 86 heavy (non-hydrogen) atoms. The van der Waals surface area contributed by atoms with E-state index in [2.05, 4.69) is 16.0 Å². The van der Waals surface area contributed by atoms with Gasteiger partial charge in [-0.05, 0) is 6.92 Å². The van der Waals surface area contributed by atoms with E-state index in [9.17, 15) is 117 Å². The van der Waals surface area contributed by atoms with Crippen molar-refractivity contribution in [2.24, 2.45) is 0 Å². The number of amides is 3. The second-order valence-corrected chi connectivity index (χ2v) is 21.6. The number of hydrogen-bond acceptors (Lipinski definition) is 35. The Kier molecular flexibility index (Phi) is 26.8. The second kappa shape index (κ2) is 31.9. The molecule has 38 heteroatoms. The molecule has 3 amide bonds. The van der Waals surface area contributed by atoms with Gasteiger partial charge in [-0.3, -0.25) is 14.4 Å². The van der Waals surface area contributed by atoms with Gasteiger partial charge in [-0.25, -0.2) is 0 Å². The number of nitrogens with one attached hydrogen (secondary N) is 3. The van der Waals surface area contributed by atoms with Crippen molar-refractivity contribution in [1.82, 2.24) is 16.0 Å². The van der Waals surface area contributed by atoms with E-state index in [1.807, 2.05) is 0 Å². The lowest BCUT2D eigenvalue weighted by Gasteiger charge is -2.50. The summed E-state index contributed by atoms with van der Waals surface area (Å²) in [5.41, 5.74) is 0. The molecule has 6 aliphatic rings. The van der Waals surface area contributed by atoms with E-state index in [-0.39, 0.29) is 0 Å². The third-order valence-electron chi connectivity index (χ3n) is 15.3. The van der Waals surface area contributed by atoms with E-state index >= 15 is 0 Å². The molecule has 0 aliphatic carbocycles. The fourth-order valence-electron chi connectivity index (χ4n) is 10.6. The molecule has 6 saturated heterocycles. The normalized spacial score (nSPS) is 45.5. The van der Waals surface area contributed by atoms with Crippen molar-refractivity contribution in [1.29, 1.82) is 0 Å². The molecule has 6 aliphatic heterocycles. The van der Waals surface area contributed by atoms with E-state index in [0.717, 1.165) is 20.8 Å². The maximum atomic E-state index is 12.8. The van der Waals surface area contributed by atoms with E-state index < -0.39 is 272 Å². The van der Waals surface area contributed by atoms with Crippen LogP contribution in [0.4, 0.5) is 0 Å². The second-order valence-electron chi connectivity index (χ2n) is 21.6. The van der Waals surface area contributed by atoms with Crippen molar-refractivity contribution in [2.45, 2.75) is 236 Å². The molecule has 0 aromatic carbocycles. The molecule has 0 aromatic rings. The zero-order valence-corrected chi connectivity index (χ0v) is 46.6. The van der Waals surface area contributed by atoms with Crippen LogP contribution in [-0.4, -0.2) is 375 Å². The zero-order valence-electron chi connectivity index (χ0n) is 46.6. The highest BCUT2D eigenvalue weighted by atomic mass is 16.8. The SMILES string of the molecule is CC(=O)N[C@H]1[C@H](O[C@@H]([C@@H](O)[C@H](O)CO)[C@@H](O)CO)O[C@H](CO)[C@@H](O[C@@H]2O[C@H](CO[C@@H]3O[C@H](CO)[C@@H](O[C@@H]4O[C@H](CO)[C@H](O)[C@H](O)[C@H]4O[C@@H]4O[C@@H](C)[C@@H](O)[C@@H](O)[C@@H]4O)[C@H](O)[C@H]3NC(C)=O)[C@H](O)[C@H](O[C@@H]3O[C@H](CO)[C@@H](O)[C@H](O)[C@H]3NC(C)=O)[C@H]2O)[C@@H]1O. The van der Waals surface area contributed by atoms with Gasteiger partial charge in [-0.2, -0.15) is 0 Å². The number of ether oxygens (including phenoxy) is 12. The highest BCUT2D eigenvalue weighted by molar-refractivity contribution is 5.74. The zero-order chi connectivity index (χ0) is 63.9. The van der Waals surface area contributed by atoms with Crippen molar-refractivity contribution in [3.05, 3.63) is 0 Å². The van der Waals surface area contributed by atoms with Crippen molar-refractivity contribution in [3.63, 3.8) is 0 Å². The maximum Gasteiger partial charge on any atom is 0.217 e. The van der Waals surface area contributed by atoms with Crippen LogP contribution in [0.5, 0.6) is 0 Å². The van der Waals surface area contributed by atoms with Crippen molar-refractivity contribution in [3.8, 4) is 0 Å². The number of rotatable bonds is 25. The largest absolute Gasteiger partial charge is 0.394 e. The number of aliphatic hydroxyl groups excluding tert-OH is 20. The Bertz CT molecular complexity index is 2120. The number of carbonyl (C=O) groups is 3. The van der Waals surface area contributed by atoms with Gasteiger partial charge in [0.25, 0.3) is 0 Å². The first-order valence-electron chi connectivity index (χ1n) is 27.4. The Morgan fingerprint density at radius 1 is 0.395 bits per heavy atom. The standard InChI is InChI=1S/C48H83N3O35/c1-12-26(63)34(71)36(73)46(76-12)86-42-35(72)29(66)19(8-55)78-48(42)84-40-20(9-56)79-43(24(32(40)69)50-14(3)59)75-11-22-30(67)41(85-44-23(49-13(2)58)31(68)28(65)18(7-54)77-44)37(74)47(81-22)83-39-21(10-57)80-45(25(33(39)70)51-15(4)60)82-38(17(62)6-53)27(64)16(61)5-52/h12,16-48,52-57,61-74H,5-11H2,1-4H3,(H,49,58)(H,50,59)(H,51,60)/t12-,16+,17-,18+,19+,20+,21+,22+,23+,24+,25+,26+,27-,28+,29-,30-,31+,32+,33+,34+,35-,36-,37+,38+,39+,40+,41-,42+,43+,44-,45-,46-,47-,48-/m0/s1. The molecule has 500 valence electrons. The van der Waals surface area contributed by atoms with Crippen LogP contribution in [0.1, 0.15) is 27.7 Å². The monoisotopic (exact) mass is 1260 g/mol. The predicted octanol–water partition coefficient (Wildman–Crippen LogP) is -15.2. The van der Waals surface area contributed by atoms with Crippen LogP contribution < -0.4 is 16.0 Å². The molecule has 6 rings (SSSR count). The Morgan fingerprint density at radius 3 is 1.33 bits per heavy atom. The van der Waals surface area contributed by atoms with Gasteiger partial charge in [0.05, 0.1) is 52.4 Å². The minimum Gasteiger partial charge on any atom is -0.394 e. The Balaban J connectivity index is 1.31. The summed E-state index contributed by atoms with van der Waals surface area (Å²) in [6, 6.07) is -5.36. The van der Waals surface area contributed by atoms with Gasteiger partial charge in [0.1, 0.15) is 165 Å². The first kappa shape index (κ1) is 72.2. The molecule has 0 bridgehead atoms. The fraction of sp³-hybridized carbons (Fsp3) is 0.938. The topological polar surface area (TPSA) is 603 Å². The maximum absolute atomic E-state index is 12.8. The molecule has 38 nitrogen and oxygen atoms in total. The molecule has 0 aromatic heterocycles. The van der Waals surface area contributed by atoms with Crippen LogP contribution in [0, 0.1) is 0 Å².